The molecule has 1 aliphatic carbocycles. The second-order valence-electron chi connectivity index (χ2n) is 8.60. The Hall–Kier alpha value is -2.63. The number of anilines is 1. The zero-order chi connectivity index (χ0) is 26.7. The number of alkyl halides is 3. The fourth-order valence-electron chi connectivity index (χ4n) is 4.11. The third-order valence-corrected chi connectivity index (χ3v) is 7.49. The number of nitrogens with one attached hydrogen (secondary N) is 2. The summed E-state index contributed by atoms with van der Waals surface area (Å²) in [6.45, 7) is 4.57. The van der Waals surface area contributed by atoms with Gasteiger partial charge in [-0.15, -0.1) is 11.3 Å². The average molecular weight is 571 g/mol. The second-order valence-corrected chi connectivity index (χ2v) is 10.6. The molecule has 0 bridgehead atoms. The molecule has 198 valence electrons. The smallest absolute Gasteiger partial charge is 0.436 e. The zero-order valence-corrected chi connectivity index (χ0v) is 22.6. The quantitative estimate of drug-likeness (QED) is 0.164. The van der Waals surface area contributed by atoms with Crippen LogP contribution in [-0.2, 0) is 17.5 Å². The highest BCUT2D eigenvalue weighted by atomic mass is 35.5. The van der Waals surface area contributed by atoms with Gasteiger partial charge in [0.2, 0.25) is 0 Å². The van der Waals surface area contributed by atoms with E-state index in [4.69, 9.17) is 28.6 Å². The van der Waals surface area contributed by atoms with E-state index in [-0.39, 0.29) is 24.1 Å². The number of hydrogen-bond donors (Lipinski definition) is 2. The van der Waals surface area contributed by atoms with Crippen LogP contribution in [0.4, 0.5) is 18.2 Å². The van der Waals surface area contributed by atoms with Crippen molar-refractivity contribution in [1.29, 1.82) is 0 Å². The Morgan fingerprint density at radius 2 is 2.00 bits per heavy atom. The topological polar surface area (TPSA) is 68.2 Å². The normalized spacial score (nSPS) is 13.5. The first kappa shape index (κ1) is 27.4. The zero-order valence-electron chi connectivity index (χ0n) is 20.2. The summed E-state index contributed by atoms with van der Waals surface area (Å²) in [6.07, 6.45) is -2.50. The van der Waals surface area contributed by atoms with Crippen LogP contribution in [0.3, 0.4) is 0 Å². The summed E-state index contributed by atoms with van der Waals surface area (Å²) in [4.78, 5) is 13.8. The summed E-state index contributed by atoms with van der Waals surface area (Å²) in [5.74, 6) is -0.423. The number of rotatable bonds is 9. The van der Waals surface area contributed by atoms with Gasteiger partial charge in [0, 0.05) is 29.4 Å². The standard InChI is InChI=1S/C25H26ClF3N4O2S2/c1-3-35-23(34)18-17(15-8-5-4-6-9-15)14(2)37-22(18)31-24(36)30-12-7-13-33-20(16-10-11-16)19(26)21(32-33)25(27,28)29/h4-6,8-9,16H,3,7,10-13H2,1-2H3,(H2,30,31,36). The number of nitrogens with zero attached hydrogens (tertiary/aromatic N) is 2. The number of hydrogen-bond acceptors (Lipinski definition) is 5. The van der Waals surface area contributed by atoms with Gasteiger partial charge in [0.1, 0.15) is 10.6 Å². The Morgan fingerprint density at radius 3 is 2.62 bits per heavy atom. The average Bonchev–Trinajstić information content (AvgIpc) is 3.54. The van der Waals surface area contributed by atoms with Crippen LogP contribution < -0.4 is 10.6 Å². The molecule has 2 aromatic heterocycles. The first-order valence-corrected chi connectivity index (χ1v) is 13.5. The van der Waals surface area contributed by atoms with Crippen molar-refractivity contribution in [3.05, 3.63) is 57.2 Å². The molecule has 1 fully saturated rings. The van der Waals surface area contributed by atoms with Crippen molar-refractivity contribution in [2.75, 3.05) is 18.5 Å². The number of thiophene rings is 1. The lowest BCUT2D eigenvalue weighted by molar-refractivity contribution is -0.141. The lowest BCUT2D eigenvalue weighted by atomic mass is 10.0. The van der Waals surface area contributed by atoms with Gasteiger partial charge in [-0.1, -0.05) is 41.9 Å². The van der Waals surface area contributed by atoms with E-state index in [0.29, 0.717) is 34.3 Å². The van der Waals surface area contributed by atoms with Gasteiger partial charge < -0.3 is 15.4 Å². The van der Waals surface area contributed by atoms with Crippen molar-refractivity contribution >= 4 is 51.2 Å². The van der Waals surface area contributed by atoms with Gasteiger partial charge in [0.15, 0.2) is 10.8 Å². The van der Waals surface area contributed by atoms with Crippen LogP contribution >= 0.6 is 35.2 Å². The molecular weight excluding hydrogens is 545 g/mol. The maximum Gasteiger partial charge on any atom is 0.436 e. The molecule has 0 atom stereocenters. The second kappa shape index (κ2) is 11.4. The van der Waals surface area contributed by atoms with Crippen LogP contribution in [0.25, 0.3) is 11.1 Å². The van der Waals surface area contributed by atoms with E-state index in [1.807, 2.05) is 37.3 Å². The predicted octanol–water partition coefficient (Wildman–Crippen LogP) is 7.02. The van der Waals surface area contributed by atoms with Crippen molar-refractivity contribution in [2.24, 2.45) is 0 Å². The van der Waals surface area contributed by atoms with E-state index in [1.165, 1.54) is 16.0 Å². The molecule has 4 rings (SSSR count). The lowest BCUT2D eigenvalue weighted by Gasteiger charge is -2.12. The number of aromatic nitrogens is 2. The summed E-state index contributed by atoms with van der Waals surface area (Å²) < 4.78 is 46.5. The van der Waals surface area contributed by atoms with E-state index >= 15 is 0 Å². The number of carbonyl (C=O) groups is 1. The minimum atomic E-state index is -4.59. The maximum atomic E-state index is 13.3. The molecular formula is C25H26ClF3N4O2S2. The van der Waals surface area contributed by atoms with Crippen molar-refractivity contribution in [2.45, 2.75) is 51.7 Å². The minimum Gasteiger partial charge on any atom is -0.462 e. The monoisotopic (exact) mass is 570 g/mol. The van der Waals surface area contributed by atoms with Gasteiger partial charge in [0.05, 0.1) is 17.3 Å². The van der Waals surface area contributed by atoms with Gasteiger partial charge in [0.25, 0.3) is 0 Å². The van der Waals surface area contributed by atoms with Gasteiger partial charge in [-0.25, -0.2) is 4.79 Å². The number of thiocarbonyl (C=S) groups is 1. The molecule has 0 spiro atoms. The number of aryl methyl sites for hydroxylation is 2. The van der Waals surface area contributed by atoms with E-state index in [1.54, 1.807) is 6.92 Å². The number of carbonyl (C=O) groups excluding carboxylic acids is 1. The molecule has 3 aromatic rings. The lowest BCUT2D eigenvalue weighted by Crippen LogP contribution is -2.30. The molecule has 0 aliphatic heterocycles. The number of ether oxygens (including phenoxy) is 1. The van der Waals surface area contributed by atoms with Crippen molar-refractivity contribution < 1.29 is 22.7 Å². The summed E-state index contributed by atoms with van der Waals surface area (Å²) in [5.41, 5.74) is 1.53. The Morgan fingerprint density at radius 1 is 1.30 bits per heavy atom. The van der Waals surface area contributed by atoms with E-state index in [9.17, 15) is 18.0 Å². The molecule has 2 N–H and O–H groups in total. The molecule has 0 radical (unpaired) electrons. The number of esters is 1. The van der Waals surface area contributed by atoms with Crippen LogP contribution in [0, 0.1) is 6.92 Å². The molecule has 12 heteroatoms. The number of benzene rings is 1. The number of halogens is 4. The molecule has 0 saturated heterocycles. The third-order valence-electron chi connectivity index (χ3n) is 5.85. The molecule has 0 unspecified atom stereocenters. The van der Waals surface area contributed by atoms with Crippen LogP contribution in [0.1, 0.15) is 58.7 Å². The fraction of sp³-hybridized carbons (Fsp3) is 0.400. The van der Waals surface area contributed by atoms with Crippen LogP contribution in [0.5, 0.6) is 0 Å². The van der Waals surface area contributed by atoms with Crippen molar-refractivity contribution in [1.82, 2.24) is 15.1 Å². The summed E-state index contributed by atoms with van der Waals surface area (Å²) in [6, 6.07) is 9.57. The van der Waals surface area contributed by atoms with Crippen molar-refractivity contribution in [3.63, 3.8) is 0 Å². The van der Waals surface area contributed by atoms with Crippen LogP contribution in [-0.4, -0.2) is 34.0 Å². The highest BCUT2D eigenvalue weighted by Crippen LogP contribution is 2.47. The molecule has 0 amide bonds. The SMILES string of the molecule is CCOC(=O)c1c(NC(=S)NCCCn2nc(C(F)(F)F)c(Cl)c2C2CC2)sc(C)c1-c1ccccc1. The predicted molar refractivity (Wildman–Crippen MR) is 144 cm³/mol. The third kappa shape index (κ3) is 6.27. The Bertz CT molecular complexity index is 1290. The van der Waals surface area contributed by atoms with Crippen LogP contribution in [0.15, 0.2) is 30.3 Å². The van der Waals surface area contributed by atoms with Gasteiger partial charge in [-0.2, -0.15) is 18.3 Å². The Balaban J connectivity index is 1.42. The van der Waals surface area contributed by atoms with Gasteiger partial charge in [-0.05, 0) is 50.9 Å². The Labute approximate surface area is 227 Å². The molecule has 1 aromatic carbocycles. The van der Waals surface area contributed by atoms with Gasteiger partial charge >= 0.3 is 12.1 Å². The first-order chi connectivity index (χ1) is 17.6. The highest BCUT2D eigenvalue weighted by Gasteiger charge is 2.41. The summed E-state index contributed by atoms with van der Waals surface area (Å²) in [7, 11) is 0. The van der Waals surface area contributed by atoms with E-state index in [2.05, 4.69) is 15.7 Å². The molecule has 37 heavy (non-hydrogen) atoms. The molecule has 1 saturated carbocycles. The highest BCUT2D eigenvalue weighted by molar-refractivity contribution is 7.80. The maximum absolute atomic E-state index is 13.3. The van der Waals surface area contributed by atoms with E-state index < -0.39 is 17.8 Å². The van der Waals surface area contributed by atoms with Crippen LogP contribution in [0.2, 0.25) is 5.02 Å². The minimum absolute atomic E-state index is 0.0222. The van der Waals surface area contributed by atoms with Crippen molar-refractivity contribution in [3.8, 4) is 11.1 Å². The van der Waals surface area contributed by atoms with Gasteiger partial charge in [-0.3, -0.25) is 4.68 Å². The Kier molecular flexibility index (Phi) is 8.45. The molecule has 6 nitrogen and oxygen atoms in total. The largest absolute Gasteiger partial charge is 0.462 e. The summed E-state index contributed by atoms with van der Waals surface area (Å²) in [5, 5.41) is 10.5. The molecule has 1 aliphatic rings. The van der Waals surface area contributed by atoms with E-state index in [0.717, 1.165) is 28.8 Å². The first-order valence-electron chi connectivity index (χ1n) is 11.9. The molecule has 2 heterocycles. The summed E-state index contributed by atoms with van der Waals surface area (Å²) >= 11 is 12.9. The fourth-order valence-corrected chi connectivity index (χ4v) is 5.85.